The number of aromatic nitrogens is 3. The first-order valence-electron chi connectivity index (χ1n) is 5.24. The van der Waals surface area contributed by atoms with Crippen LogP contribution >= 0.6 is 22.9 Å². The highest BCUT2D eigenvalue weighted by molar-refractivity contribution is 7.08. The molecule has 6 heteroatoms. The normalized spacial score (nSPS) is 10.7. The molecule has 0 bridgehead atoms. The Labute approximate surface area is 112 Å². The number of anilines is 1. The van der Waals surface area contributed by atoms with Crippen LogP contribution in [0, 0.1) is 0 Å². The summed E-state index contributed by atoms with van der Waals surface area (Å²) in [6.45, 7) is 0. The first-order valence-corrected chi connectivity index (χ1v) is 6.56. The van der Waals surface area contributed by atoms with Crippen LogP contribution in [0.15, 0.2) is 35.0 Å². The Balaban J connectivity index is 2.05. The summed E-state index contributed by atoms with van der Waals surface area (Å²) >= 11 is 7.56. The molecule has 0 saturated carbocycles. The summed E-state index contributed by atoms with van der Waals surface area (Å²) in [7, 11) is 0. The fraction of sp³-hybridized carbons (Fsp3) is 0. The van der Waals surface area contributed by atoms with Crippen molar-refractivity contribution in [2.24, 2.45) is 0 Å². The standard InChI is InChI=1S/C12H9ClN4S/c13-8-1-2-10(14)9(5-8)12-15-11(16-17-12)7-3-4-18-6-7/h1-6H,14H2,(H,15,16,17). The topological polar surface area (TPSA) is 67.6 Å². The molecule has 0 saturated heterocycles. The van der Waals surface area contributed by atoms with Crippen molar-refractivity contribution in [2.45, 2.75) is 0 Å². The average Bonchev–Trinajstić information content (AvgIpc) is 3.00. The molecule has 2 heterocycles. The van der Waals surface area contributed by atoms with Crippen molar-refractivity contribution < 1.29 is 0 Å². The van der Waals surface area contributed by atoms with E-state index in [1.165, 1.54) is 0 Å². The zero-order chi connectivity index (χ0) is 12.5. The van der Waals surface area contributed by atoms with Gasteiger partial charge in [0, 0.05) is 27.2 Å². The molecular weight excluding hydrogens is 268 g/mol. The number of halogens is 1. The molecule has 1 aromatic carbocycles. The van der Waals surface area contributed by atoms with Crippen LogP contribution in [0.5, 0.6) is 0 Å². The number of hydrogen-bond donors (Lipinski definition) is 2. The summed E-state index contributed by atoms with van der Waals surface area (Å²) in [5.41, 5.74) is 8.27. The Morgan fingerprint density at radius 1 is 1.28 bits per heavy atom. The molecule has 3 aromatic rings. The van der Waals surface area contributed by atoms with Crippen molar-refractivity contribution in [1.29, 1.82) is 0 Å². The first kappa shape index (κ1) is 11.3. The molecule has 0 amide bonds. The fourth-order valence-corrected chi connectivity index (χ4v) is 2.44. The van der Waals surface area contributed by atoms with E-state index in [-0.39, 0.29) is 0 Å². The lowest BCUT2D eigenvalue weighted by Crippen LogP contribution is -1.91. The molecule has 4 nitrogen and oxygen atoms in total. The lowest BCUT2D eigenvalue weighted by Gasteiger charge is -2.01. The Morgan fingerprint density at radius 2 is 2.17 bits per heavy atom. The van der Waals surface area contributed by atoms with Gasteiger partial charge in [-0.3, -0.25) is 5.10 Å². The maximum absolute atomic E-state index is 5.96. The summed E-state index contributed by atoms with van der Waals surface area (Å²) in [5, 5.41) is 11.7. The SMILES string of the molecule is Nc1ccc(Cl)cc1-c1nc(-c2ccsc2)n[nH]1. The monoisotopic (exact) mass is 276 g/mol. The van der Waals surface area contributed by atoms with Crippen LogP contribution in [0.3, 0.4) is 0 Å². The number of nitrogens with zero attached hydrogens (tertiary/aromatic N) is 2. The molecular formula is C12H9ClN4S. The van der Waals surface area contributed by atoms with Crippen LogP contribution in [0.4, 0.5) is 5.69 Å². The van der Waals surface area contributed by atoms with Gasteiger partial charge in [0.05, 0.1) is 0 Å². The largest absolute Gasteiger partial charge is 0.398 e. The summed E-state index contributed by atoms with van der Waals surface area (Å²) in [6.07, 6.45) is 0. The predicted octanol–water partition coefficient (Wildman–Crippen LogP) is 3.44. The number of nitrogens with two attached hydrogens (primary N) is 1. The van der Waals surface area contributed by atoms with Gasteiger partial charge in [0.1, 0.15) is 0 Å². The lowest BCUT2D eigenvalue weighted by molar-refractivity contribution is 1.10. The van der Waals surface area contributed by atoms with Gasteiger partial charge in [0.25, 0.3) is 0 Å². The third-order valence-corrected chi connectivity index (χ3v) is 3.45. The van der Waals surface area contributed by atoms with Crippen molar-refractivity contribution in [3.05, 3.63) is 40.0 Å². The Hall–Kier alpha value is -1.85. The van der Waals surface area contributed by atoms with Crippen LogP contribution in [0.25, 0.3) is 22.8 Å². The number of hydrogen-bond acceptors (Lipinski definition) is 4. The molecule has 2 aromatic heterocycles. The van der Waals surface area contributed by atoms with Crippen LogP contribution < -0.4 is 5.73 Å². The van der Waals surface area contributed by atoms with E-state index in [1.807, 2.05) is 16.8 Å². The summed E-state index contributed by atoms with van der Waals surface area (Å²) in [6, 6.07) is 7.24. The van der Waals surface area contributed by atoms with Gasteiger partial charge in [-0.15, -0.1) is 0 Å². The molecule has 0 unspecified atom stereocenters. The highest BCUT2D eigenvalue weighted by Crippen LogP contribution is 2.28. The van der Waals surface area contributed by atoms with E-state index in [4.69, 9.17) is 17.3 Å². The molecule has 0 atom stereocenters. The average molecular weight is 277 g/mol. The zero-order valence-corrected chi connectivity index (χ0v) is 10.8. The van der Waals surface area contributed by atoms with Gasteiger partial charge in [-0.2, -0.15) is 16.4 Å². The van der Waals surface area contributed by atoms with Crippen molar-refractivity contribution in [1.82, 2.24) is 15.2 Å². The van der Waals surface area contributed by atoms with Crippen LogP contribution in [-0.4, -0.2) is 15.2 Å². The highest BCUT2D eigenvalue weighted by atomic mass is 35.5. The number of H-pyrrole nitrogens is 1. The second kappa shape index (κ2) is 4.44. The summed E-state index contributed by atoms with van der Waals surface area (Å²) in [5.74, 6) is 1.28. The molecule has 0 fully saturated rings. The third-order valence-electron chi connectivity index (χ3n) is 2.54. The lowest BCUT2D eigenvalue weighted by atomic mass is 10.2. The second-order valence-corrected chi connectivity index (χ2v) is 4.97. The van der Waals surface area contributed by atoms with Gasteiger partial charge in [-0.25, -0.2) is 4.98 Å². The number of rotatable bonds is 2. The van der Waals surface area contributed by atoms with E-state index in [0.717, 1.165) is 11.1 Å². The molecule has 0 aliphatic carbocycles. The van der Waals surface area contributed by atoms with Crippen molar-refractivity contribution in [2.75, 3.05) is 5.73 Å². The first-order chi connectivity index (χ1) is 8.74. The fourth-order valence-electron chi connectivity index (χ4n) is 1.64. The van der Waals surface area contributed by atoms with Crippen LogP contribution in [-0.2, 0) is 0 Å². The summed E-state index contributed by atoms with van der Waals surface area (Å²) in [4.78, 5) is 4.43. The maximum atomic E-state index is 5.96. The molecule has 0 spiro atoms. The third kappa shape index (κ3) is 1.98. The molecule has 0 aliphatic heterocycles. The summed E-state index contributed by atoms with van der Waals surface area (Å²) < 4.78 is 0. The van der Waals surface area contributed by atoms with Crippen molar-refractivity contribution in [3.8, 4) is 22.8 Å². The van der Waals surface area contributed by atoms with Crippen LogP contribution in [0.1, 0.15) is 0 Å². The second-order valence-electron chi connectivity index (χ2n) is 3.75. The molecule has 0 aliphatic rings. The van der Waals surface area contributed by atoms with E-state index in [2.05, 4.69) is 15.2 Å². The number of thiophene rings is 1. The van der Waals surface area contributed by atoms with Crippen molar-refractivity contribution >= 4 is 28.6 Å². The Bertz CT molecular complexity index is 675. The van der Waals surface area contributed by atoms with Gasteiger partial charge in [0.2, 0.25) is 0 Å². The zero-order valence-electron chi connectivity index (χ0n) is 9.22. The molecule has 90 valence electrons. The maximum Gasteiger partial charge on any atom is 0.182 e. The smallest absolute Gasteiger partial charge is 0.182 e. The minimum Gasteiger partial charge on any atom is -0.398 e. The van der Waals surface area contributed by atoms with Gasteiger partial charge in [0.15, 0.2) is 11.6 Å². The van der Waals surface area contributed by atoms with E-state index in [0.29, 0.717) is 22.4 Å². The predicted molar refractivity (Wildman–Crippen MR) is 74.6 cm³/mol. The van der Waals surface area contributed by atoms with E-state index in [1.54, 1.807) is 29.5 Å². The van der Waals surface area contributed by atoms with Gasteiger partial charge < -0.3 is 5.73 Å². The number of nitrogens with one attached hydrogen (secondary N) is 1. The highest BCUT2D eigenvalue weighted by Gasteiger charge is 2.10. The Kier molecular flexibility index (Phi) is 2.77. The van der Waals surface area contributed by atoms with Gasteiger partial charge in [-0.1, -0.05) is 11.6 Å². The van der Waals surface area contributed by atoms with Gasteiger partial charge >= 0.3 is 0 Å². The quantitative estimate of drug-likeness (QED) is 0.705. The Morgan fingerprint density at radius 3 is 2.94 bits per heavy atom. The molecule has 3 rings (SSSR count). The van der Waals surface area contributed by atoms with Crippen molar-refractivity contribution in [3.63, 3.8) is 0 Å². The number of aromatic amines is 1. The van der Waals surface area contributed by atoms with Gasteiger partial charge in [-0.05, 0) is 29.6 Å². The number of benzene rings is 1. The minimum absolute atomic E-state index is 0.618. The van der Waals surface area contributed by atoms with E-state index >= 15 is 0 Å². The molecule has 18 heavy (non-hydrogen) atoms. The number of nitrogen functional groups attached to an aromatic ring is 1. The van der Waals surface area contributed by atoms with E-state index < -0.39 is 0 Å². The minimum atomic E-state index is 0.618. The molecule has 3 N–H and O–H groups in total. The van der Waals surface area contributed by atoms with Crippen LogP contribution in [0.2, 0.25) is 5.02 Å². The molecule has 0 radical (unpaired) electrons. The van der Waals surface area contributed by atoms with E-state index in [9.17, 15) is 0 Å².